The molecular formula is C26H28N4O3S2. The summed E-state index contributed by atoms with van der Waals surface area (Å²) in [6, 6.07) is 11.5. The van der Waals surface area contributed by atoms with Gasteiger partial charge in [0, 0.05) is 19.3 Å². The largest absolute Gasteiger partial charge is 0.497 e. The highest BCUT2D eigenvalue weighted by atomic mass is 32.2. The van der Waals surface area contributed by atoms with E-state index in [0.717, 1.165) is 16.9 Å². The fourth-order valence-electron chi connectivity index (χ4n) is 3.68. The SMILES string of the molecule is COc1ccc(CCN2C(=O)/C(=C\c3c(NCC(C)C)nc4ccc(C)cn4c3=O)SC2=S)cc1. The molecule has 0 atom stereocenters. The van der Waals surface area contributed by atoms with E-state index in [1.807, 2.05) is 43.3 Å². The Morgan fingerprint density at radius 1 is 1.17 bits per heavy atom. The number of methoxy groups -OCH3 is 1. The number of pyridine rings is 1. The van der Waals surface area contributed by atoms with Crippen LogP contribution in [-0.2, 0) is 11.2 Å². The second-order valence-electron chi connectivity index (χ2n) is 8.82. The Labute approximate surface area is 214 Å². The molecule has 35 heavy (non-hydrogen) atoms. The summed E-state index contributed by atoms with van der Waals surface area (Å²) in [7, 11) is 1.63. The molecule has 0 bridgehead atoms. The van der Waals surface area contributed by atoms with Crippen molar-refractivity contribution in [3.63, 3.8) is 0 Å². The van der Waals surface area contributed by atoms with E-state index in [1.54, 1.807) is 24.3 Å². The van der Waals surface area contributed by atoms with Gasteiger partial charge in [0.15, 0.2) is 0 Å². The Balaban J connectivity index is 1.64. The van der Waals surface area contributed by atoms with Gasteiger partial charge in [0.2, 0.25) is 0 Å². The Morgan fingerprint density at radius 2 is 1.91 bits per heavy atom. The first-order chi connectivity index (χ1) is 16.8. The molecule has 1 saturated heterocycles. The van der Waals surface area contributed by atoms with Crippen LogP contribution in [0.4, 0.5) is 5.82 Å². The van der Waals surface area contributed by atoms with Gasteiger partial charge in [-0.15, -0.1) is 0 Å². The highest BCUT2D eigenvalue weighted by Gasteiger charge is 2.32. The number of carbonyl (C=O) groups is 1. The second kappa shape index (κ2) is 10.6. The zero-order valence-corrected chi connectivity index (χ0v) is 21.8. The summed E-state index contributed by atoms with van der Waals surface area (Å²) in [6.07, 6.45) is 4.04. The molecule has 1 aromatic carbocycles. The molecule has 7 nitrogen and oxygen atoms in total. The lowest BCUT2D eigenvalue weighted by Gasteiger charge is -2.14. The van der Waals surface area contributed by atoms with Crippen LogP contribution in [0.15, 0.2) is 52.3 Å². The Bertz CT molecular complexity index is 1360. The van der Waals surface area contributed by atoms with Crippen molar-refractivity contribution < 1.29 is 9.53 Å². The van der Waals surface area contributed by atoms with Crippen LogP contribution in [0.25, 0.3) is 11.7 Å². The van der Waals surface area contributed by atoms with Crippen molar-refractivity contribution in [1.82, 2.24) is 14.3 Å². The number of fused-ring (bicyclic) bond motifs is 1. The van der Waals surface area contributed by atoms with Gasteiger partial charge < -0.3 is 10.1 Å². The van der Waals surface area contributed by atoms with E-state index in [-0.39, 0.29) is 11.5 Å². The summed E-state index contributed by atoms with van der Waals surface area (Å²) in [5.74, 6) is 1.42. The lowest BCUT2D eigenvalue weighted by molar-refractivity contribution is -0.122. The van der Waals surface area contributed by atoms with Gasteiger partial charge >= 0.3 is 0 Å². The topological polar surface area (TPSA) is 75.9 Å². The molecule has 0 unspecified atom stereocenters. The first-order valence-electron chi connectivity index (χ1n) is 11.4. The molecule has 9 heteroatoms. The minimum atomic E-state index is -0.228. The monoisotopic (exact) mass is 508 g/mol. The smallest absolute Gasteiger partial charge is 0.267 e. The number of ether oxygens (including phenoxy) is 1. The summed E-state index contributed by atoms with van der Waals surface area (Å²) >= 11 is 6.72. The van der Waals surface area contributed by atoms with E-state index < -0.39 is 0 Å². The number of thiocarbonyl (C=S) groups is 1. The van der Waals surface area contributed by atoms with E-state index in [1.165, 1.54) is 16.2 Å². The molecule has 0 spiro atoms. The molecule has 0 saturated carbocycles. The zero-order valence-electron chi connectivity index (χ0n) is 20.2. The van der Waals surface area contributed by atoms with Crippen molar-refractivity contribution in [2.75, 3.05) is 25.5 Å². The van der Waals surface area contributed by atoms with Crippen molar-refractivity contribution in [3.05, 3.63) is 74.5 Å². The van der Waals surface area contributed by atoms with Gasteiger partial charge in [-0.1, -0.05) is 56.0 Å². The van der Waals surface area contributed by atoms with Gasteiger partial charge in [-0.25, -0.2) is 4.98 Å². The number of aryl methyl sites for hydroxylation is 1. The average Bonchev–Trinajstić information content (AvgIpc) is 3.11. The first-order valence-corrected chi connectivity index (χ1v) is 12.6. The fourth-order valence-corrected chi connectivity index (χ4v) is 4.97. The van der Waals surface area contributed by atoms with Crippen LogP contribution in [-0.4, -0.2) is 44.7 Å². The summed E-state index contributed by atoms with van der Waals surface area (Å²) in [6.45, 7) is 7.19. The molecule has 1 fully saturated rings. The van der Waals surface area contributed by atoms with Crippen LogP contribution in [0.2, 0.25) is 0 Å². The van der Waals surface area contributed by atoms with Crippen LogP contribution in [0.1, 0.15) is 30.5 Å². The number of carbonyl (C=O) groups excluding carboxylic acids is 1. The second-order valence-corrected chi connectivity index (χ2v) is 10.5. The van der Waals surface area contributed by atoms with Gasteiger partial charge in [-0.3, -0.25) is 18.9 Å². The number of nitrogens with zero attached hydrogens (tertiary/aromatic N) is 3. The number of rotatable bonds is 8. The number of nitrogens with one attached hydrogen (secondary N) is 1. The van der Waals surface area contributed by atoms with Crippen molar-refractivity contribution >= 4 is 51.7 Å². The highest BCUT2D eigenvalue weighted by Crippen LogP contribution is 2.33. The van der Waals surface area contributed by atoms with Crippen LogP contribution in [0.3, 0.4) is 0 Å². The number of amides is 1. The third-order valence-electron chi connectivity index (χ3n) is 5.62. The van der Waals surface area contributed by atoms with Gasteiger partial charge in [-0.05, 0) is 54.7 Å². The summed E-state index contributed by atoms with van der Waals surface area (Å²) < 4.78 is 7.20. The molecule has 1 amide bonds. The molecule has 182 valence electrons. The Hall–Kier alpha value is -3.17. The number of aromatic nitrogens is 2. The van der Waals surface area contributed by atoms with E-state index in [2.05, 4.69) is 24.1 Å². The number of thioether (sulfide) groups is 1. The summed E-state index contributed by atoms with van der Waals surface area (Å²) in [5, 5.41) is 3.28. The molecule has 0 radical (unpaired) electrons. The number of hydrogen-bond acceptors (Lipinski definition) is 7. The van der Waals surface area contributed by atoms with Crippen LogP contribution >= 0.6 is 24.0 Å². The molecule has 2 aromatic heterocycles. The summed E-state index contributed by atoms with van der Waals surface area (Å²) in [5.41, 5.74) is 2.70. The normalized spacial score (nSPS) is 15.0. The lowest BCUT2D eigenvalue weighted by Crippen LogP contribution is -2.30. The molecule has 0 aliphatic carbocycles. The quantitative estimate of drug-likeness (QED) is 0.354. The fraction of sp³-hybridized carbons (Fsp3) is 0.308. The van der Waals surface area contributed by atoms with Crippen molar-refractivity contribution in [2.45, 2.75) is 27.2 Å². The Kier molecular flexibility index (Phi) is 7.57. The van der Waals surface area contributed by atoms with E-state index in [9.17, 15) is 9.59 Å². The van der Waals surface area contributed by atoms with Crippen LogP contribution in [0, 0.1) is 12.8 Å². The number of benzene rings is 1. The third-order valence-corrected chi connectivity index (χ3v) is 6.99. The van der Waals surface area contributed by atoms with Crippen molar-refractivity contribution in [1.29, 1.82) is 0 Å². The minimum Gasteiger partial charge on any atom is -0.497 e. The van der Waals surface area contributed by atoms with Crippen molar-refractivity contribution in [2.24, 2.45) is 5.92 Å². The van der Waals surface area contributed by atoms with Gasteiger partial charge in [-0.2, -0.15) is 0 Å². The maximum absolute atomic E-state index is 13.4. The van der Waals surface area contributed by atoms with Gasteiger partial charge in [0.05, 0.1) is 17.6 Å². The molecular weight excluding hydrogens is 480 g/mol. The van der Waals surface area contributed by atoms with Crippen LogP contribution < -0.4 is 15.6 Å². The van der Waals surface area contributed by atoms with E-state index in [0.29, 0.717) is 51.7 Å². The average molecular weight is 509 g/mol. The highest BCUT2D eigenvalue weighted by molar-refractivity contribution is 8.26. The summed E-state index contributed by atoms with van der Waals surface area (Å²) in [4.78, 5) is 33.3. The number of anilines is 1. The first kappa shape index (κ1) is 24.9. The molecule has 1 N–H and O–H groups in total. The predicted octanol–water partition coefficient (Wildman–Crippen LogP) is 4.52. The molecule has 4 rings (SSSR count). The van der Waals surface area contributed by atoms with Gasteiger partial charge in [0.25, 0.3) is 11.5 Å². The Morgan fingerprint density at radius 3 is 2.60 bits per heavy atom. The lowest BCUT2D eigenvalue weighted by atomic mass is 10.1. The molecule has 1 aliphatic heterocycles. The molecule has 3 aromatic rings. The van der Waals surface area contributed by atoms with Gasteiger partial charge in [0.1, 0.15) is 21.5 Å². The maximum atomic E-state index is 13.4. The predicted molar refractivity (Wildman–Crippen MR) is 146 cm³/mol. The van der Waals surface area contributed by atoms with E-state index >= 15 is 0 Å². The zero-order chi connectivity index (χ0) is 25.1. The maximum Gasteiger partial charge on any atom is 0.267 e. The third kappa shape index (κ3) is 5.57. The van der Waals surface area contributed by atoms with Crippen molar-refractivity contribution in [3.8, 4) is 5.75 Å². The molecule has 1 aliphatic rings. The standard InChI is InChI=1S/C26H28N4O3S2/c1-16(2)14-27-23-20(24(31)30-15-17(3)5-10-22(30)28-23)13-21-25(32)29(26(34)35-21)12-11-18-6-8-19(33-4)9-7-18/h5-10,13,15-16,27H,11-12,14H2,1-4H3/b21-13+. The minimum absolute atomic E-state index is 0.197. The van der Waals surface area contributed by atoms with Crippen LogP contribution in [0.5, 0.6) is 5.75 Å². The van der Waals surface area contributed by atoms with E-state index in [4.69, 9.17) is 17.0 Å². The molecule has 3 heterocycles. The number of hydrogen-bond donors (Lipinski definition) is 1.